The molecular formula is C17H21NO3. The summed E-state index contributed by atoms with van der Waals surface area (Å²) in [5.74, 6) is -0.686. The van der Waals surface area contributed by atoms with E-state index >= 15 is 0 Å². The number of carbonyl (C=O) groups excluding carboxylic acids is 1. The Morgan fingerprint density at radius 2 is 1.90 bits per heavy atom. The van der Waals surface area contributed by atoms with Gasteiger partial charge in [0.05, 0.1) is 0 Å². The van der Waals surface area contributed by atoms with Crippen molar-refractivity contribution in [2.24, 2.45) is 0 Å². The molecule has 4 heteroatoms. The molecule has 1 aromatic carbocycles. The molecule has 0 aromatic heterocycles. The first-order valence-electron chi connectivity index (χ1n) is 7.24. The molecule has 0 saturated heterocycles. The summed E-state index contributed by atoms with van der Waals surface area (Å²) in [5, 5.41) is 11.6. The number of carboxylic acid groups (broad SMARTS) is 1. The van der Waals surface area contributed by atoms with Crippen molar-refractivity contribution in [3.8, 4) is 0 Å². The average molecular weight is 287 g/mol. The highest BCUT2D eigenvalue weighted by Gasteiger charge is 2.51. The molecule has 0 atom stereocenters. The topological polar surface area (TPSA) is 66.4 Å². The molecule has 21 heavy (non-hydrogen) atoms. The van der Waals surface area contributed by atoms with Crippen LogP contribution in [0.4, 0.5) is 0 Å². The van der Waals surface area contributed by atoms with E-state index in [1.807, 2.05) is 18.2 Å². The maximum absolute atomic E-state index is 11.7. The van der Waals surface area contributed by atoms with E-state index in [4.69, 9.17) is 5.11 Å². The number of aliphatic carboxylic acids is 1. The van der Waals surface area contributed by atoms with Crippen LogP contribution in [0.25, 0.3) is 6.08 Å². The minimum Gasteiger partial charge on any atom is -0.480 e. The minimum atomic E-state index is -0.996. The van der Waals surface area contributed by atoms with Crippen LogP contribution in [0.2, 0.25) is 0 Å². The lowest BCUT2D eigenvalue weighted by atomic mass is 10.0. The molecule has 0 aliphatic heterocycles. The first kappa shape index (κ1) is 15.3. The summed E-state index contributed by atoms with van der Waals surface area (Å²) in [7, 11) is 0. The summed E-state index contributed by atoms with van der Waals surface area (Å²) in [4.78, 5) is 22.7. The van der Waals surface area contributed by atoms with Gasteiger partial charge in [0.25, 0.3) is 0 Å². The molecule has 0 radical (unpaired) electrons. The molecule has 1 aliphatic carbocycles. The Morgan fingerprint density at radius 3 is 2.38 bits per heavy atom. The van der Waals surface area contributed by atoms with Crippen LogP contribution in [0.5, 0.6) is 0 Å². The van der Waals surface area contributed by atoms with E-state index < -0.39 is 11.5 Å². The normalized spacial score (nSPS) is 16.1. The van der Waals surface area contributed by atoms with Gasteiger partial charge in [0.1, 0.15) is 5.54 Å². The molecule has 1 fully saturated rings. The van der Waals surface area contributed by atoms with Crippen LogP contribution in [0.3, 0.4) is 0 Å². The maximum Gasteiger partial charge on any atom is 0.329 e. The van der Waals surface area contributed by atoms with Crippen molar-refractivity contribution in [2.45, 2.75) is 44.6 Å². The Labute approximate surface area is 124 Å². The van der Waals surface area contributed by atoms with Crippen LogP contribution in [-0.4, -0.2) is 22.5 Å². The van der Waals surface area contributed by atoms with Crippen molar-refractivity contribution in [2.75, 3.05) is 0 Å². The van der Waals surface area contributed by atoms with Crippen LogP contribution in [0.15, 0.2) is 30.3 Å². The summed E-state index contributed by atoms with van der Waals surface area (Å²) in [5.41, 5.74) is 1.32. The predicted octanol–water partition coefficient (Wildman–Crippen LogP) is 2.95. The van der Waals surface area contributed by atoms with Crippen LogP contribution in [0, 0.1) is 0 Å². The van der Waals surface area contributed by atoms with E-state index in [1.165, 1.54) is 5.56 Å². The summed E-state index contributed by atoms with van der Waals surface area (Å²) in [6.07, 6.45) is 4.88. The monoisotopic (exact) mass is 287 g/mol. The number of hydrogen-bond acceptors (Lipinski definition) is 2. The third-order valence-corrected chi connectivity index (χ3v) is 3.75. The molecule has 112 valence electrons. The van der Waals surface area contributed by atoms with E-state index in [9.17, 15) is 9.59 Å². The predicted molar refractivity (Wildman–Crippen MR) is 81.9 cm³/mol. The summed E-state index contributed by atoms with van der Waals surface area (Å²) in [6, 6.07) is 8.19. The smallest absolute Gasteiger partial charge is 0.329 e. The number of carboxylic acids is 1. The number of hydrogen-bond donors (Lipinski definition) is 2. The van der Waals surface area contributed by atoms with Crippen molar-refractivity contribution in [1.29, 1.82) is 0 Å². The van der Waals surface area contributed by atoms with Crippen LogP contribution >= 0.6 is 0 Å². The molecule has 4 nitrogen and oxygen atoms in total. The molecule has 2 N–H and O–H groups in total. The zero-order chi connectivity index (χ0) is 15.5. The Balaban J connectivity index is 1.85. The Hall–Kier alpha value is -2.10. The molecule has 0 spiro atoms. The van der Waals surface area contributed by atoms with Crippen molar-refractivity contribution in [3.63, 3.8) is 0 Å². The van der Waals surface area contributed by atoms with Gasteiger partial charge in [-0.2, -0.15) is 0 Å². The first-order valence-corrected chi connectivity index (χ1v) is 7.24. The molecule has 1 amide bonds. The average Bonchev–Trinajstić information content (AvgIpc) is 3.20. The lowest BCUT2D eigenvalue weighted by Gasteiger charge is -2.10. The fraction of sp³-hybridized carbons (Fsp3) is 0.412. The number of rotatable bonds is 6. The molecule has 0 heterocycles. The van der Waals surface area contributed by atoms with Crippen molar-refractivity contribution in [1.82, 2.24) is 5.32 Å². The Morgan fingerprint density at radius 1 is 1.29 bits per heavy atom. The third-order valence-electron chi connectivity index (χ3n) is 3.75. The van der Waals surface area contributed by atoms with Gasteiger partial charge in [0, 0.05) is 6.42 Å². The van der Waals surface area contributed by atoms with Gasteiger partial charge in [-0.25, -0.2) is 4.79 Å². The Bertz CT molecular complexity index is 554. The van der Waals surface area contributed by atoms with E-state index in [0.717, 1.165) is 5.56 Å². The summed E-state index contributed by atoms with van der Waals surface area (Å²) in [6.45, 7) is 4.29. The van der Waals surface area contributed by atoms with Crippen LogP contribution in [-0.2, 0) is 9.59 Å². The molecule has 0 unspecified atom stereocenters. The molecule has 0 bridgehead atoms. The summed E-state index contributed by atoms with van der Waals surface area (Å²) >= 11 is 0. The lowest BCUT2D eigenvalue weighted by molar-refractivity contribution is -0.143. The fourth-order valence-corrected chi connectivity index (χ4v) is 2.13. The second-order valence-electron chi connectivity index (χ2n) is 5.86. The number of amides is 1. The highest BCUT2D eigenvalue weighted by molar-refractivity contribution is 5.90. The number of nitrogens with one attached hydrogen (secondary N) is 1. The van der Waals surface area contributed by atoms with Gasteiger partial charge < -0.3 is 10.4 Å². The van der Waals surface area contributed by atoms with Crippen LogP contribution < -0.4 is 5.32 Å². The van der Waals surface area contributed by atoms with Gasteiger partial charge in [-0.05, 0) is 29.9 Å². The van der Waals surface area contributed by atoms with Crippen molar-refractivity contribution in [3.05, 3.63) is 41.5 Å². The van der Waals surface area contributed by atoms with Gasteiger partial charge in [-0.3, -0.25) is 4.79 Å². The molecular weight excluding hydrogens is 266 g/mol. The highest BCUT2D eigenvalue weighted by Crippen LogP contribution is 2.35. The van der Waals surface area contributed by atoms with Gasteiger partial charge in [0.2, 0.25) is 5.91 Å². The quantitative estimate of drug-likeness (QED) is 0.845. The Kier molecular flexibility index (Phi) is 4.46. The first-order chi connectivity index (χ1) is 9.93. The molecule has 1 aliphatic rings. The van der Waals surface area contributed by atoms with E-state index in [2.05, 4.69) is 31.3 Å². The van der Waals surface area contributed by atoms with Crippen molar-refractivity contribution < 1.29 is 14.7 Å². The van der Waals surface area contributed by atoms with E-state index in [-0.39, 0.29) is 12.3 Å². The van der Waals surface area contributed by atoms with Crippen molar-refractivity contribution >= 4 is 18.0 Å². The SMILES string of the molecule is CC(C)c1ccc(/C=C/CC(=O)NC2(C(=O)O)CC2)cc1. The van der Waals surface area contributed by atoms with Gasteiger partial charge in [0.15, 0.2) is 0 Å². The van der Waals surface area contributed by atoms with Crippen LogP contribution in [0.1, 0.15) is 50.2 Å². The third kappa shape index (κ3) is 3.94. The van der Waals surface area contributed by atoms with E-state index in [0.29, 0.717) is 18.8 Å². The van der Waals surface area contributed by atoms with Gasteiger partial charge in [-0.1, -0.05) is 50.3 Å². The molecule has 2 rings (SSSR count). The lowest BCUT2D eigenvalue weighted by Crippen LogP contribution is -2.42. The fourth-order valence-electron chi connectivity index (χ4n) is 2.13. The van der Waals surface area contributed by atoms with Gasteiger partial charge >= 0.3 is 5.97 Å². The number of carbonyl (C=O) groups is 2. The highest BCUT2D eigenvalue weighted by atomic mass is 16.4. The molecule has 1 saturated carbocycles. The summed E-state index contributed by atoms with van der Waals surface area (Å²) < 4.78 is 0. The minimum absolute atomic E-state index is 0.195. The zero-order valence-electron chi connectivity index (χ0n) is 12.4. The second kappa shape index (κ2) is 6.12. The molecule has 1 aromatic rings. The van der Waals surface area contributed by atoms with E-state index in [1.54, 1.807) is 6.08 Å². The van der Waals surface area contributed by atoms with Gasteiger partial charge in [-0.15, -0.1) is 0 Å². The zero-order valence-corrected chi connectivity index (χ0v) is 12.4. The standard InChI is InChI=1S/C17H21NO3/c1-12(2)14-8-6-13(7-9-14)4-3-5-15(19)18-17(10-11-17)16(20)21/h3-4,6-9,12H,5,10-11H2,1-2H3,(H,18,19)(H,20,21)/b4-3+. The number of benzene rings is 1. The maximum atomic E-state index is 11.7. The second-order valence-corrected chi connectivity index (χ2v) is 5.86. The largest absolute Gasteiger partial charge is 0.480 e.